The fourth-order valence-corrected chi connectivity index (χ4v) is 1.63. The van der Waals surface area contributed by atoms with E-state index >= 15 is 0 Å². The molecular formula is C14H20N4O. The fourth-order valence-electron chi connectivity index (χ4n) is 1.63. The number of benzene rings is 1. The SMILES string of the molecule is CC(C)COc1cccc(NCc2cn(C)nn2)c1. The number of nitrogens with zero attached hydrogens (tertiary/aromatic N) is 3. The molecule has 102 valence electrons. The van der Waals surface area contributed by atoms with Crippen LogP contribution in [0.2, 0.25) is 0 Å². The molecule has 0 aliphatic carbocycles. The van der Waals surface area contributed by atoms with Gasteiger partial charge in [-0.1, -0.05) is 25.1 Å². The Kier molecular flexibility index (Phi) is 4.39. The molecule has 1 aromatic carbocycles. The van der Waals surface area contributed by atoms with Crippen LogP contribution in [-0.2, 0) is 13.6 Å². The van der Waals surface area contributed by atoms with E-state index in [1.807, 2.05) is 37.5 Å². The van der Waals surface area contributed by atoms with E-state index in [9.17, 15) is 0 Å². The Morgan fingerprint density at radius 2 is 2.21 bits per heavy atom. The lowest BCUT2D eigenvalue weighted by molar-refractivity contribution is 0.271. The van der Waals surface area contributed by atoms with Crippen molar-refractivity contribution in [3.8, 4) is 5.75 Å². The number of hydrogen-bond donors (Lipinski definition) is 1. The van der Waals surface area contributed by atoms with E-state index in [1.165, 1.54) is 0 Å². The smallest absolute Gasteiger partial charge is 0.121 e. The molecule has 0 unspecified atom stereocenters. The van der Waals surface area contributed by atoms with Gasteiger partial charge in [0.25, 0.3) is 0 Å². The molecule has 0 radical (unpaired) electrons. The number of hydrogen-bond acceptors (Lipinski definition) is 4. The van der Waals surface area contributed by atoms with Gasteiger partial charge in [-0.25, -0.2) is 0 Å². The van der Waals surface area contributed by atoms with Gasteiger partial charge < -0.3 is 10.1 Å². The molecule has 0 saturated heterocycles. The van der Waals surface area contributed by atoms with E-state index in [2.05, 4.69) is 29.5 Å². The van der Waals surface area contributed by atoms with Crippen molar-refractivity contribution < 1.29 is 4.74 Å². The predicted octanol–water partition coefficient (Wildman–Crippen LogP) is 2.46. The Balaban J connectivity index is 1.91. The Labute approximate surface area is 113 Å². The van der Waals surface area contributed by atoms with Gasteiger partial charge in [0.15, 0.2) is 0 Å². The summed E-state index contributed by atoms with van der Waals surface area (Å²) in [5.41, 5.74) is 1.93. The molecule has 19 heavy (non-hydrogen) atoms. The molecule has 1 N–H and O–H groups in total. The average molecular weight is 260 g/mol. The van der Waals surface area contributed by atoms with Crippen molar-refractivity contribution in [1.29, 1.82) is 0 Å². The highest BCUT2D eigenvalue weighted by atomic mass is 16.5. The average Bonchev–Trinajstić information content (AvgIpc) is 2.80. The topological polar surface area (TPSA) is 52.0 Å². The highest BCUT2D eigenvalue weighted by Crippen LogP contribution is 2.18. The minimum Gasteiger partial charge on any atom is -0.493 e. The molecule has 0 amide bonds. The standard InChI is InChI=1S/C14H20N4O/c1-11(2)10-19-14-6-4-5-12(7-14)15-8-13-9-18(3)17-16-13/h4-7,9,11,15H,8,10H2,1-3H3. The molecule has 2 aromatic rings. The molecule has 5 heteroatoms. The minimum absolute atomic E-state index is 0.524. The predicted molar refractivity (Wildman–Crippen MR) is 75.1 cm³/mol. The summed E-state index contributed by atoms with van der Waals surface area (Å²) in [7, 11) is 1.86. The molecule has 0 aliphatic rings. The molecular weight excluding hydrogens is 240 g/mol. The summed E-state index contributed by atoms with van der Waals surface area (Å²) in [5, 5.41) is 11.2. The maximum Gasteiger partial charge on any atom is 0.121 e. The summed E-state index contributed by atoms with van der Waals surface area (Å²) in [6, 6.07) is 7.96. The molecule has 1 aromatic heterocycles. The number of aryl methyl sites for hydroxylation is 1. The lowest BCUT2D eigenvalue weighted by Crippen LogP contribution is -2.05. The zero-order valence-corrected chi connectivity index (χ0v) is 11.6. The maximum absolute atomic E-state index is 5.69. The van der Waals surface area contributed by atoms with Crippen LogP contribution in [0, 0.1) is 5.92 Å². The van der Waals surface area contributed by atoms with E-state index < -0.39 is 0 Å². The monoisotopic (exact) mass is 260 g/mol. The zero-order valence-electron chi connectivity index (χ0n) is 11.6. The number of ether oxygens (including phenoxy) is 1. The Morgan fingerprint density at radius 1 is 1.37 bits per heavy atom. The third kappa shape index (κ3) is 4.28. The third-order valence-corrected chi connectivity index (χ3v) is 2.54. The largest absolute Gasteiger partial charge is 0.493 e. The van der Waals surface area contributed by atoms with Crippen LogP contribution in [0.4, 0.5) is 5.69 Å². The first-order valence-electron chi connectivity index (χ1n) is 6.45. The quantitative estimate of drug-likeness (QED) is 0.867. The van der Waals surface area contributed by atoms with Gasteiger partial charge in [-0.3, -0.25) is 4.68 Å². The summed E-state index contributed by atoms with van der Waals surface area (Å²) in [4.78, 5) is 0. The highest BCUT2D eigenvalue weighted by Gasteiger charge is 2.01. The van der Waals surface area contributed by atoms with Gasteiger partial charge in [0.1, 0.15) is 11.4 Å². The first-order chi connectivity index (χ1) is 9.13. The first-order valence-corrected chi connectivity index (χ1v) is 6.45. The molecule has 0 bridgehead atoms. The van der Waals surface area contributed by atoms with Gasteiger partial charge in [0, 0.05) is 25.0 Å². The molecule has 2 rings (SSSR count). The summed E-state index contributed by atoms with van der Waals surface area (Å²) < 4.78 is 7.39. The van der Waals surface area contributed by atoms with Crippen LogP contribution in [0.5, 0.6) is 5.75 Å². The van der Waals surface area contributed by atoms with Gasteiger partial charge in [-0.05, 0) is 18.1 Å². The molecule has 1 heterocycles. The van der Waals surface area contributed by atoms with Gasteiger partial charge in [-0.15, -0.1) is 5.10 Å². The lowest BCUT2D eigenvalue weighted by Gasteiger charge is -2.10. The molecule has 0 atom stereocenters. The van der Waals surface area contributed by atoms with Crippen LogP contribution >= 0.6 is 0 Å². The number of rotatable bonds is 6. The zero-order chi connectivity index (χ0) is 13.7. The van der Waals surface area contributed by atoms with Gasteiger partial charge in [-0.2, -0.15) is 0 Å². The van der Waals surface area contributed by atoms with Crippen LogP contribution in [0.25, 0.3) is 0 Å². The number of anilines is 1. The Hall–Kier alpha value is -2.04. The molecule has 0 spiro atoms. The van der Waals surface area contributed by atoms with E-state index in [-0.39, 0.29) is 0 Å². The van der Waals surface area contributed by atoms with Crippen LogP contribution in [0.1, 0.15) is 19.5 Å². The van der Waals surface area contributed by atoms with Gasteiger partial charge in [0.05, 0.1) is 13.2 Å². The molecule has 0 aliphatic heterocycles. The third-order valence-electron chi connectivity index (χ3n) is 2.54. The van der Waals surface area contributed by atoms with Crippen molar-refractivity contribution >= 4 is 5.69 Å². The Morgan fingerprint density at radius 3 is 2.89 bits per heavy atom. The molecule has 0 fully saturated rings. The Bertz CT molecular complexity index is 522. The molecule has 5 nitrogen and oxygen atoms in total. The summed E-state index contributed by atoms with van der Waals surface area (Å²) in [6.45, 7) is 5.65. The van der Waals surface area contributed by atoms with E-state index in [0.29, 0.717) is 12.5 Å². The van der Waals surface area contributed by atoms with Gasteiger partial charge >= 0.3 is 0 Å². The van der Waals surface area contributed by atoms with Crippen LogP contribution in [0.15, 0.2) is 30.5 Å². The second-order valence-corrected chi connectivity index (χ2v) is 4.97. The lowest BCUT2D eigenvalue weighted by atomic mass is 10.2. The summed E-state index contributed by atoms with van der Waals surface area (Å²) >= 11 is 0. The van der Waals surface area contributed by atoms with Crippen molar-refractivity contribution in [3.63, 3.8) is 0 Å². The van der Waals surface area contributed by atoms with E-state index in [0.717, 1.165) is 23.7 Å². The van der Waals surface area contributed by atoms with Gasteiger partial charge in [0.2, 0.25) is 0 Å². The normalized spacial score (nSPS) is 10.7. The van der Waals surface area contributed by atoms with Crippen molar-refractivity contribution in [2.45, 2.75) is 20.4 Å². The summed E-state index contributed by atoms with van der Waals surface area (Å²) in [6.07, 6.45) is 1.89. The van der Waals surface area contributed by atoms with E-state index in [4.69, 9.17) is 4.74 Å². The minimum atomic E-state index is 0.524. The van der Waals surface area contributed by atoms with Crippen LogP contribution < -0.4 is 10.1 Å². The van der Waals surface area contributed by atoms with Crippen molar-refractivity contribution in [2.24, 2.45) is 13.0 Å². The fraction of sp³-hybridized carbons (Fsp3) is 0.429. The second kappa shape index (κ2) is 6.22. The maximum atomic E-state index is 5.69. The van der Waals surface area contributed by atoms with Crippen molar-refractivity contribution in [1.82, 2.24) is 15.0 Å². The van der Waals surface area contributed by atoms with Crippen LogP contribution in [-0.4, -0.2) is 21.6 Å². The van der Waals surface area contributed by atoms with Crippen LogP contribution in [0.3, 0.4) is 0 Å². The van der Waals surface area contributed by atoms with E-state index in [1.54, 1.807) is 4.68 Å². The number of aromatic nitrogens is 3. The van der Waals surface area contributed by atoms with Crippen molar-refractivity contribution in [2.75, 3.05) is 11.9 Å². The highest BCUT2D eigenvalue weighted by molar-refractivity contribution is 5.48. The second-order valence-electron chi connectivity index (χ2n) is 4.97. The summed E-state index contributed by atoms with van der Waals surface area (Å²) in [5.74, 6) is 1.41. The molecule has 0 saturated carbocycles. The van der Waals surface area contributed by atoms with Crippen molar-refractivity contribution in [3.05, 3.63) is 36.2 Å². The number of nitrogens with one attached hydrogen (secondary N) is 1. The first kappa shape index (κ1) is 13.4.